The van der Waals surface area contributed by atoms with Crippen molar-refractivity contribution in [3.8, 4) is 0 Å². The van der Waals surface area contributed by atoms with Crippen LogP contribution >= 0.6 is 0 Å². The van der Waals surface area contributed by atoms with Crippen LogP contribution in [0.5, 0.6) is 0 Å². The summed E-state index contributed by atoms with van der Waals surface area (Å²) < 4.78 is 74.4. The summed E-state index contributed by atoms with van der Waals surface area (Å²) in [5.41, 5.74) is -2.98. The first-order valence-corrected chi connectivity index (χ1v) is 4.77. The quantitative estimate of drug-likeness (QED) is 0.755. The van der Waals surface area contributed by atoms with Gasteiger partial charge in [0.15, 0.2) is 0 Å². The third-order valence-electron chi connectivity index (χ3n) is 2.30. The van der Waals surface area contributed by atoms with Crippen LogP contribution in [0.1, 0.15) is 11.4 Å². The number of hydrogen-bond acceptors (Lipinski definition) is 2. The zero-order valence-electron chi connectivity index (χ0n) is 8.86. The van der Waals surface area contributed by atoms with Gasteiger partial charge in [-0.25, -0.2) is 4.98 Å². The molecule has 3 nitrogen and oxygen atoms in total. The van der Waals surface area contributed by atoms with Gasteiger partial charge in [0.1, 0.15) is 0 Å². The molecule has 2 aromatic rings. The molecule has 2 rings (SSSR count). The van der Waals surface area contributed by atoms with Gasteiger partial charge in [0.05, 0.1) is 16.5 Å². The summed E-state index contributed by atoms with van der Waals surface area (Å²) in [6.45, 7) is 0. The molecule has 9 heteroatoms. The van der Waals surface area contributed by atoms with Gasteiger partial charge in [0, 0.05) is 0 Å². The molecule has 0 spiro atoms. The average molecular weight is 282 g/mol. The number of H-pyrrole nitrogens is 1. The summed E-state index contributed by atoms with van der Waals surface area (Å²) in [6, 6.07) is 1.79. The molecule has 0 saturated heterocycles. The van der Waals surface area contributed by atoms with Gasteiger partial charge in [-0.3, -0.25) is 4.79 Å². The van der Waals surface area contributed by atoms with Crippen LogP contribution in [0.25, 0.3) is 10.9 Å². The van der Waals surface area contributed by atoms with Gasteiger partial charge in [-0.05, 0) is 18.2 Å². The molecular formula is C10H4F6N2O. The second-order valence-corrected chi connectivity index (χ2v) is 3.64. The normalized spacial score (nSPS) is 12.9. The van der Waals surface area contributed by atoms with Crippen molar-refractivity contribution in [2.75, 3.05) is 0 Å². The van der Waals surface area contributed by atoms with Crippen LogP contribution < -0.4 is 5.56 Å². The van der Waals surface area contributed by atoms with Gasteiger partial charge < -0.3 is 4.98 Å². The van der Waals surface area contributed by atoms with Crippen molar-refractivity contribution in [1.29, 1.82) is 0 Å². The highest BCUT2D eigenvalue weighted by atomic mass is 19.4. The molecule has 0 saturated carbocycles. The van der Waals surface area contributed by atoms with Gasteiger partial charge in [-0.15, -0.1) is 0 Å². The first kappa shape index (κ1) is 13.4. The number of aromatic nitrogens is 2. The number of nitrogens with zero attached hydrogens (tertiary/aromatic N) is 1. The minimum absolute atomic E-state index is 0.346. The van der Waals surface area contributed by atoms with E-state index >= 15 is 0 Å². The lowest BCUT2D eigenvalue weighted by Crippen LogP contribution is -2.19. The zero-order chi connectivity index (χ0) is 14.4. The summed E-state index contributed by atoms with van der Waals surface area (Å²) >= 11 is 0. The van der Waals surface area contributed by atoms with Gasteiger partial charge >= 0.3 is 12.4 Å². The number of hydrogen-bond donors (Lipinski definition) is 1. The highest BCUT2D eigenvalue weighted by Gasteiger charge is 2.35. The smallest absolute Gasteiger partial charge is 0.302 e. The molecule has 0 atom stereocenters. The van der Waals surface area contributed by atoms with E-state index < -0.39 is 34.8 Å². The van der Waals surface area contributed by atoms with E-state index in [1.54, 1.807) is 0 Å². The van der Waals surface area contributed by atoms with Crippen LogP contribution in [-0.2, 0) is 12.4 Å². The Hall–Kier alpha value is -2.06. The second kappa shape index (κ2) is 3.97. The lowest BCUT2D eigenvalue weighted by molar-refractivity contribution is -0.144. The van der Waals surface area contributed by atoms with Crippen molar-refractivity contribution in [2.45, 2.75) is 12.4 Å². The summed E-state index contributed by atoms with van der Waals surface area (Å²) in [4.78, 5) is 15.8. The van der Waals surface area contributed by atoms with Gasteiger partial charge in [-0.1, -0.05) is 0 Å². The SMILES string of the molecule is O=c1[nH]c(C(F)(F)F)nc2cc(C(F)(F)F)ccc12. The monoisotopic (exact) mass is 282 g/mol. The molecule has 0 fully saturated rings. The van der Waals surface area contributed by atoms with Crippen LogP contribution in [0.15, 0.2) is 23.0 Å². The van der Waals surface area contributed by atoms with Crippen LogP contribution in [0.4, 0.5) is 26.3 Å². The minimum Gasteiger partial charge on any atom is -0.302 e. The molecule has 0 amide bonds. The molecule has 102 valence electrons. The van der Waals surface area contributed by atoms with Gasteiger partial charge in [0.2, 0.25) is 5.82 Å². The Balaban J connectivity index is 2.74. The fourth-order valence-electron chi connectivity index (χ4n) is 1.45. The number of halogens is 6. The first-order chi connectivity index (χ1) is 8.59. The molecule has 1 heterocycles. The Morgan fingerprint density at radius 3 is 2.16 bits per heavy atom. The largest absolute Gasteiger partial charge is 0.449 e. The Labute approximate surface area is 100 Å². The molecule has 1 aromatic heterocycles. The van der Waals surface area contributed by atoms with E-state index in [1.165, 1.54) is 4.98 Å². The number of benzene rings is 1. The van der Waals surface area contributed by atoms with Crippen molar-refractivity contribution < 1.29 is 26.3 Å². The highest BCUT2D eigenvalue weighted by Crippen LogP contribution is 2.31. The van der Waals surface area contributed by atoms with Gasteiger partial charge in [0.25, 0.3) is 5.56 Å². The predicted molar refractivity (Wildman–Crippen MR) is 52.4 cm³/mol. The number of nitrogens with one attached hydrogen (secondary N) is 1. The molecule has 1 aromatic carbocycles. The van der Waals surface area contributed by atoms with Crippen LogP contribution in [0.2, 0.25) is 0 Å². The van der Waals surface area contributed by atoms with Crippen molar-refractivity contribution in [1.82, 2.24) is 9.97 Å². The molecule has 0 aliphatic carbocycles. The van der Waals surface area contributed by atoms with Crippen LogP contribution in [0.3, 0.4) is 0 Å². The number of rotatable bonds is 0. The Morgan fingerprint density at radius 2 is 1.63 bits per heavy atom. The Kier molecular flexibility index (Phi) is 2.79. The van der Waals surface area contributed by atoms with E-state index in [0.29, 0.717) is 12.1 Å². The number of fused-ring (bicyclic) bond motifs is 1. The molecule has 1 N–H and O–H groups in total. The Bertz CT molecular complexity index is 680. The molecule has 0 aliphatic rings. The molecule has 19 heavy (non-hydrogen) atoms. The van der Waals surface area contributed by atoms with Crippen LogP contribution in [0, 0.1) is 0 Å². The summed E-state index contributed by atoms with van der Waals surface area (Å²) in [6.07, 6.45) is -9.67. The maximum atomic E-state index is 12.4. The van der Waals surface area contributed by atoms with Crippen molar-refractivity contribution in [2.24, 2.45) is 0 Å². The summed E-state index contributed by atoms with van der Waals surface area (Å²) in [5.74, 6) is -1.63. The van der Waals surface area contributed by atoms with E-state index in [9.17, 15) is 31.1 Å². The van der Waals surface area contributed by atoms with E-state index in [-0.39, 0.29) is 5.39 Å². The molecule has 0 radical (unpaired) electrons. The Morgan fingerprint density at radius 1 is 1.00 bits per heavy atom. The molecule has 0 aliphatic heterocycles. The van der Waals surface area contributed by atoms with Crippen molar-refractivity contribution >= 4 is 10.9 Å². The van der Waals surface area contributed by atoms with Gasteiger partial charge in [-0.2, -0.15) is 26.3 Å². The third kappa shape index (κ3) is 2.54. The number of alkyl halides is 6. The van der Waals surface area contributed by atoms with Crippen molar-refractivity contribution in [3.05, 3.63) is 39.9 Å². The lowest BCUT2D eigenvalue weighted by Gasteiger charge is -2.09. The minimum atomic E-state index is -4.94. The average Bonchev–Trinajstić information content (AvgIpc) is 2.25. The van der Waals surface area contributed by atoms with E-state index in [4.69, 9.17) is 0 Å². The molecule has 0 unspecified atom stereocenters. The van der Waals surface area contributed by atoms with E-state index in [2.05, 4.69) is 4.98 Å². The third-order valence-corrected chi connectivity index (χ3v) is 2.30. The summed E-state index contributed by atoms with van der Waals surface area (Å²) in [7, 11) is 0. The van der Waals surface area contributed by atoms with E-state index in [0.717, 1.165) is 6.07 Å². The number of aromatic amines is 1. The zero-order valence-corrected chi connectivity index (χ0v) is 8.86. The van der Waals surface area contributed by atoms with E-state index in [1.807, 2.05) is 0 Å². The second-order valence-electron chi connectivity index (χ2n) is 3.64. The summed E-state index contributed by atoms with van der Waals surface area (Å²) in [5, 5.41) is -0.346. The molecular weight excluding hydrogens is 278 g/mol. The fraction of sp³-hybridized carbons (Fsp3) is 0.200. The standard InChI is InChI=1S/C10H4F6N2O/c11-9(12,13)4-1-2-5-6(3-4)17-8(10(14,15)16)18-7(5)19/h1-3H,(H,17,18,19). The van der Waals surface area contributed by atoms with Crippen molar-refractivity contribution in [3.63, 3.8) is 0 Å². The first-order valence-electron chi connectivity index (χ1n) is 4.77. The maximum absolute atomic E-state index is 12.4. The topological polar surface area (TPSA) is 45.8 Å². The maximum Gasteiger partial charge on any atom is 0.449 e. The van der Waals surface area contributed by atoms with Crippen LogP contribution in [-0.4, -0.2) is 9.97 Å². The highest BCUT2D eigenvalue weighted by molar-refractivity contribution is 5.78. The predicted octanol–water partition coefficient (Wildman–Crippen LogP) is 2.96. The fourth-order valence-corrected chi connectivity index (χ4v) is 1.45. The lowest BCUT2D eigenvalue weighted by atomic mass is 10.1. The molecule has 0 bridgehead atoms.